The maximum atomic E-state index is 12.1. The molecule has 0 rings (SSSR count). The van der Waals surface area contributed by atoms with Crippen LogP contribution in [0.3, 0.4) is 0 Å². The summed E-state index contributed by atoms with van der Waals surface area (Å²) < 4.78 is 12.1. The fourth-order valence-corrected chi connectivity index (χ4v) is 0.497. The van der Waals surface area contributed by atoms with Crippen molar-refractivity contribution in [1.29, 1.82) is 0 Å². The predicted octanol–water partition coefficient (Wildman–Crippen LogP) is 3.63. The first-order valence-electron chi connectivity index (χ1n) is 3.73. The lowest BCUT2D eigenvalue weighted by Gasteiger charge is -2.00. The van der Waals surface area contributed by atoms with Crippen LogP contribution in [0.2, 0.25) is 0 Å². The minimum absolute atomic E-state index is 0.183. The van der Waals surface area contributed by atoms with Crippen LogP contribution in [0.15, 0.2) is 36.2 Å². The molecule has 0 fully saturated rings. The molecule has 0 amide bonds. The zero-order chi connectivity index (χ0) is 8.85. The summed E-state index contributed by atoms with van der Waals surface area (Å²) in [5.41, 5.74) is 1.02. The van der Waals surface area contributed by atoms with Crippen LogP contribution >= 0.6 is 0 Å². The Bertz CT molecular complexity index is 181. The number of hydrogen-bond acceptors (Lipinski definition) is 0. The highest BCUT2D eigenvalue weighted by atomic mass is 19.1. The molecule has 0 aromatic heterocycles. The molecule has 0 aliphatic heterocycles. The van der Waals surface area contributed by atoms with Crippen molar-refractivity contribution >= 4 is 0 Å². The summed E-state index contributed by atoms with van der Waals surface area (Å²) in [6.07, 6.45) is 4.93. The van der Waals surface area contributed by atoms with Crippen molar-refractivity contribution in [1.82, 2.24) is 0 Å². The molecule has 0 N–H and O–H groups in total. The first kappa shape index (κ1) is 10.2. The summed E-state index contributed by atoms with van der Waals surface area (Å²) in [6, 6.07) is 0. The molecule has 0 radical (unpaired) electrons. The van der Waals surface area contributed by atoms with Gasteiger partial charge < -0.3 is 0 Å². The maximum absolute atomic E-state index is 12.1. The second kappa shape index (κ2) is 4.89. The van der Waals surface area contributed by atoms with Gasteiger partial charge in [-0.3, -0.25) is 0 Å². The van der Waals surface area contributed by atoms with E-state index < -0.39 is 0 Å². The molecule has 1 heteroatoms. The van der Waals surface area contributed by atoms with Gasteiger partial charge in [-0.05, 0) is 18.9 Å². The zero-order valence-corrected chi connectivity index (χ0v) is 7.39. The van der Waals surface area contributed by atoms with Gasteiger partial charge in [0.1, 0.15) is 0 Å². The van der Waals surface area contributed by atoms with E-state index >= 15 is 0 Å². The van der Waals surface area contributed by atoms with Crippen LogP contribution in [-0.4, -0.2) is 0 Å². The van der Waals surface area contributed by atoms with Crippen LogP contribution < -0.4 is 0 Å². The van der Waals surface area contributed by atoms with Gasteiger partial charge >= 0.3 is 0 Å². The molecular weight excluding hydrogens is 139 g/mol. The first-order valence-corrected chi connectivity index (χ1v) is 3.73. The van der Waals surface area contributed by atoms with E-state index in [-0.39, 0.29) is 5.83 Å². The summed E-state index contributed by atoms with van der Waals surface area (Å²) in [7, 11) is 0. The van der Waals surface area contributed by atoms with E-state index in [1.54, 1.807) is 6.08 Å². The molecule has 0 saturated carbocycles. The number of hydrogen-bond donors (Lipinski definition) is 0. The third-order valence-electron chi connectivity index (χ3n) is 1.38. The van der Waals surface area contributed by atoms with E-state index in [0.717, 1.165) is 5.57 Å². The third-order valence-corrected chi connectivity index (χ3v) is 1.38. The van der Waals surface area contributed by atoms with Gasteiger partial charge in [-0.25, -0.2) is 4.39 Å². The topological polar surface area (TPSA) is 0 Å². The Balaban J connectivity index is 3.95. The summed E-state index contributed by atoms with van der Waals surface area (Å²) in [4.78, 5) is 0. The van der Waals surface area contributed by atoms with Crippen LogP contribution in [0, 0.1) is 5.92 Å². The van der Waals surface area contributed by atoms with Crippen molar-refractivity contribution in [3.05, 3.63) is 36.2 Å². The van der Waals surface area contributed by atoms with Crippen molar-refractivity contribution in [2.24, 2.45) is 5.92 Å². The molecule has 11 heavy (non-hydrogen) atoms. The molecule has 0 aliphatic carbocycles. The highest BCUT2D eigenvalue weighted by Crippen LogP contribution is 2.07. The van der Waals surface area contributed by atoms with Crippen LogP contribution in [0.4, 0.5) is 4.39 Å². The highest BCUT2D eigenvalue weighted by molar-refractivity contribution is 5.21. The lowest BCUT2D eigenvalue weighted by molar-refractivity contribution is 0.640. The van der Waals surface area contributed by atoms with Gasteiger partial charge in [0.2, 0.25) is 0 Å². The lowest BCUT2D eigenvalue weighted by Crippen LogP contribution is -1.86. The molecule has 0 bridgehead atoms. The van der Waals surface area contributed by atoms with Crippen LogP contribution in [0.5, 0.6) is 0 Å². The maximum Gasteiger partial charge on any atom is 0.0968 e. The molecule has 0 spiro atoms. The Hall–Kier alpha value is -0.850. The minimum atomic E-state index is -0.183. The van der Waals surface area contributed by atoms with Crippen molar-refractivity contribution in [2.45, 2.75) is 20.8 Å². The normalized spacial score (nSPS) is 13.0. The van der Waals surface area contributed by atoms with Crippen molar-refractivity contribution in [3.8, 4) is 0 Å². The van der Waals surface area contributed by atoms with Crippen molar-refractivity contribution < 1.29 is 4.39 Å². The van der Waals surface area contributed by atoms with Gasteiger partial charge in [-0.2, -0.15) is 0 Å². The monoisotopic (exact) mass is 154 g/mol. The molecule has 0 nitrogen and oxygen atoms in total. The second-order valence-electron chi connectivity index (χ2n) is 2.84. The molecule has 0 unspecified atom stereocenters. The van der Waals surface area contributed by atoms with E-state index in [9.17, 15) is 4.39 Å². The van der Waals surface area contributed by atoms with Gasteiger partial charge in [0.15, 0.2) is 0 Å². The van der Waals surface area contributed by atoms with Crippen molar-refractivity contribution in [2.75, 3.05) is 0 Å². The van der Waals surface area contributed by atoms with Gasteiger partial charge in [0, 0.05) is 0 Å². The number of rotatable bonds is 3. The largest absolute Gasteiger partial charge is 0.212 e. The first-order chi connectivity index (χ1) is 5.04. The molecule has 0 heterocycles. The van der Waals surface area contributed by atoms with Crippen molar-refractivity contribution in [3.63, 3.8) is 0 Å². The molecule has 0 aliphatic rings. The zero-order valence-electron chi connectivity index (χ0n) is 7.39. The molecule has 0 saturated heterocycles. The number of allylic oxidation sites excluding steroid dienone is 5. The van der Waals surface area contributed by atoms with Gasteiger partial charge in [-0.15, -0.1) is 0 Å². The van der Waals surface area contributed by atoms with E-state index in [0.29, 0.717) is 5.92 Å². The average Bonchev–Trinajstić information content (AvgIpc) is 1.86. The summed E-state index contributed by atoms with van der Waals surface area (Å²) in [5.74, 6) is 0.248. The summed E-state index contributed by atoms with van der Waals surface area (Å²) in [6.45, 7) is 9.34. The number of halogens is 1. The Labute approximate surface area is 68.1 Å². The summed E-state index contributed by atoms with van der Waals surface area (Å²) in [5, 5.41) is 0. The molecule has 62 valence electrons. The Kier molecular flexibility index (Phi) is 4.51. The lowest BCUT2D eigenvalue weighted by atomic mass is 10.1. The molecule has 0 atom stereocenters. The van der Waals surface area contributed by atoms with Gasteiger partial charge in [-0.1, -0.05) is 38.2 Å². The second-order valence-corrected chi connectivity index (χ2v) is 2.84. The van der Waals surface area contributed by atoms with E-state index in [4.69, 9.17) is 0 Å². The molecule has 0 aromatic rings. The fraction of sp³-hybridized carbons (Fsp3) is 0.400. The fourth-order valence-electron chi connectivity index (χ4n) is 0.497. The summed E-state index contributed by atoms with van der Waals surface area (Å²) >= 11 is 0. The smallest absolute Gasteiger partial charge is 0.0968 e. The van der Waals surface area contributed by atoms with E-state index in [1.165, 1.54) is 13.0 Å². The predicted molar refractivity (Wildman–Crippen MR) is 48.0 cm³/mol. The average molecular weight is 154 g/mol. The van der Waals surface area contributed by atoms with E-state index in [1.807, 2.05) is 6.08 Å². The minimum Gasteiger partial charge on any atom is -0.212 e. The Morgan fingerprint density at radius 3 is 2.36 bits per heavy atom. The molecule has 0 aromatic carbocycles. The standard InChI is InChI=1S/C10H15F/c1-8(2)9(3)6-5-7-10(4)11/h5-8H,3H2,1-2,4H3. The quantitative estimate of drug-likeness (QED) is 0.544. The Morgan fingerprint density at radius 1 is 1.45 bits per heavy atom. The van der Waals surface area contributed by atoms with Crippen LogP contribution in [0.25, 0.3) is 0 Å². The van der Waals surface area contributed by atoms with Gasteiger partial charge in [0.05, 0.1) is 5.83 Å². The highest BCUT2D eigenvalue weighted by Gasteiger charge is 1.92. The van der Waals surface area contributed by atoms with Crippen LogP contribution in [-0.2, 0) is 0 Å². The van der Waals surface area contributed by atoms with E-state index in [2.05, 4.69) is 20.4 Å². The SMILES string of the molecule is C=C(C=CC=C(C)F)C(C)C. The van der Waals surface area contributed by atoms with Crippen LogP contribution in [0.1, 0.15) is 20.8 Å². The molecular formula is C10H15F. The third kappa shape index (κ3) is 5.59. The van der Waals surface area contributed by atoms with Gasteiger partial charge in [0.25, 0.3) is 0 Å². The Morgan fingerprint density at radius 2 is 2.00 bits per heavy atom.